The number of hydrogen-bond donors (Lipinski definition) is 3. The van der Waals surface area contributed by atoms with Crippen molar-refractivity contribution in [2.45, 2.75) is 109 Å². The lowest BCUT2D eigenvalue weighted by Crippen LogP contribution is -2.70. The Labute approximate surface area is 337 Å². The SMILES string of the molecule is C=CCOC12Oc3ccc(OC(=O)NCC)cc3C3C(CCCCO)C(CCCCO)C=C(C(=NOC(C)(C)C)CC1N(CCC)C(=O)c1ccc(C#N)cc1)C32. The minimum absolute atomic E-state index is 0.00968. The number of oxime groups is 1. The van der Waals surface area contributed by atoms with Gasteiger partial charge in [0.2, 0.25) is 5.79 Å². The van der Waals surface area contributed by atoms with Crippen molar-refractivity contribution in [1.82, 2.24) is 10.2 Å². The lowest BCUT2D eigenvalue weighted by atomic mass is 9.55. The summed E-state index contributed by atoms with van der Waals surface area (Å²) in [6.45, 7) is 14.7. The van der Waals surface area contributed by atoms with Gasteiger partial charge in [-0.2, -0.15) is 5.26 Å². The molecule has 5 rings (SSSR count). The van der Waals surface area contributed by atoms with E-state index in [0.717, 1.165) is 36.8 Å². The summed E-state index contributed by atoms with van der Waals surface area (Å²) in [4.78, 5) is 35.5. The third kappa shape index (κ3) is 9.89. The summed E-state index contributed by atoms with van der Waals surface area (Å²) in [7, 11) is 0. The predicted octanol–water partition coefficient (Wildman–Crippen LogP) is 7.65. The van der Waals surface area contributed by atoms with Gasteiger partial charge >= 0.3 is 6.09 Å². The zero-order valence-electron chi connectivity index (χ0n) is 34.2. The first-order valence-corrected chi connectivity index (χ1v) is 20.5. The summed E-state index contributed by atoms with van der Waals surface area (Å²) in [5.74, 6) is -1.46. The summed E-state index contributed by atoms with van der Waals surface area (Å²) in [6.07, 6.45) is 8.76. The molecule has 1 fully saturated rings. The molecule has 0 radical (unpaired) electrons. The molecule has 6 atom stereocenters. The highest BCUT2D eigenvalue weighted by molar-refractivity contribution is 6.03. The van der Waals surface area contributed by atoms with Gasteiger partial charge in [-0.3, -0.25) is 4.79 Å². The number of benzene rings is 2. The number of fused-ring (bicyclic) bond motifs is 2. The first-order valence-electron chi connectivity index (χ1n) is 20.5. The van der Waals surface area contributed by atoms with Gasteiger partial charge in [0.1, 0.15) is 23.1 Å². The summed E-state index contributed by atoms with van der Waals surface area (Å²) >= 11 is 0. The summed E-state index contributed by atoms with van der Waals surface area (Å²) < 4.78 is 20.1. The van der Waals surface area contributed by atoms with Gasteiger partial charge in [0.25, 0.3) is 5.91 Å². The predicted molar refractivity (Wildman–Crippen MR) is 218 cm³/mol. The van der Waals surface area contributed by atoms with Gasteiger partial charge in [-0.25, -0.2) is 4.79 Å². The maximum atomic E-state index is 14.8. The topological polar surface area (TPSA) is 163 Å². The molecule has 2 amide bonds. The number of ether oxygens (including phenoxy) is 3. The minimum atomic E-state index is -1.43. The largest absolute Gasteiger partial charge is 0.459 e. The van der Waals surface area contributed by atoms with Crippen LogP contribution in [0.4, 0.5) is 4.79 Å². The number of aliphatic hydroxyl groups is 2. The molecule has 0 spiro atoms. The highest BCUT2D eigenvalue weighted by Gasteiger charge is 2.65. The van der Waals surface area contributed by atoms with E-state index < -0.39 is 29.4 Å². The van der Waals surface area contributed by atoms with E-state index in [4.69, 9.17) is 24.2 Å². The van der Waals surface area contributed by atoms with Crippen LogP contribution in [0, 0.1) is 29.1 Å². The molecule has 1 aliphatic heterocycles. The van der Waals surface area contributed by atoms with Gasteiger partial charge in [-0.15, -0.1) is 6.58 Å². The van der Waals surface area contributed by atoms with Crippen molar-refractivity contribution >= 4 is 17.7 Å². The van der Waals surface area contributed by atoms with Crippen LogP contribution < -0.4 is 14.8 Å². The molecular formula is C45H60N4O8. The van der Waals surface area contributed by atoms with Gasteiger partial charge in [-0.05, 0) is 120 Å². The first-order chi connectivity index (χ1) is 27.4. The zero-order valence-corrected chi connectivity index (χ0v) is 34.2. The highest BCUT2D eigenvalue weighted by Crippen LogP contribution is 2.62. The molecule has 1 heterocycles. The standard InChI is InChI=1S/C45H60N4O8/c1-7-22-49(42(52)31-18-16-30(29-46)17-19-31)39-28-37(48-57-44(4,5)6)35-26-32(14-10-12-23-50)34(15-11-13-24-51)40-36-27-33(55-43(53)47-9-3)20-21-38(36)56-45(39,41(35)40)54-25-8-2/h8,16-21,26-27,32,34,39-41,50-51H,2,7,9-15,22-25,28H2,1,3-6H3,(H,47,53). The highest BCUT2D eigenvalue weighted by atomic mass is 16.7. The molecule has 0 aromatic heterocycles. The Morgan fingerprint density at radius 2 is 1.81 bits per heavy atom. The van der Waals surface area contributed by atoms with Crippen LogP contribution in [0.2, 0.25) is 0 Å². The van der Waals surface area contributed by atoms with E-state index in [9.17, 15) is 25.1 Å². The van der Waals surface area contributed by atoms with Crippen molar-refractivity contribution < 1.29 is 38.9 Å². The molecule has 2 aromatic rings. The van der Waals surface area contributed by atoms with E-state index in [2.05, 4.69) is 24.0 Å². The van der Waals surface area contributed by atoms with Crippen molar-refractivity contribution in [1.29, 1.82) is 5.26 Å². The van der Waals surface area contributed by atoms with E-state index in [1.165, 1.54) is 0 Å². The van der Waals surface area contributed by atoms with Gasteiger partial charge < -0.3 is 39.5 Å². The average molecular weight is 785 g/mol. The lowest BCUT2D eigenvalue weighted by Gasteiger charge is -2.60. The number of amides is 2. The third-order valence-electron chi connectivity index (χ3n) is 11.0. The molecule has 2 aromatic carbocycles. The third-order valence-corrected chi connectivity index (χ3v) is 11.0. The van der Waals surface area contributed by atoms with E-state index >= 15 is 0 Å². The summed E-state index contributed by atoms with van der Waals surface area (Å²) in [5, 5.41) is 36.8. The first kappa shape index (κ1) is 43.4. The van der Waals surface area contributed by atoms with E-state index in [1.54, 1.807) is 36.4 Å². The van der Waals surface area contributed by atoms with Gasteiger partial charge in [0.15, 0.2) is 0 Å². The minimum Gasteiger partial charge on any atom is -0.459 e. The molecule has 12 nitrogen and oxygen atoms in total. The fraction of sp³-hybridized carbons (Fsp3) is 0.556. The van der Waals surface area contributed by atoms with Crippen molar-refractivity contribution in [3.63, 3.8) is 0 Å². The molecule has 3 N–H and O–H groups in total. The fourth-order valence-corrected chi connectivity index (χ4v) is 8.68. The molecule has 6 unspecified atom stereocenters. The molecule has 308 valence electrons. The van der Waals surface area contributed by atoms with Crippen molar-refractivity contribution in [3.8, 4) is 17.6 Å². The van der Waals surface area contributed by atoms with Crippen molar-refractivity contribution in [2.75, 3.05) is 32.9 Å². The van der Waals surface area contributed by atoms with Crippen LogP contribution >= 0.6 is 0 Å². The van der Waals surface area contributed by atoms with Gasteiger partial charge in [0, 0.05) is 49.8 Å². The normalized spacial score (nSPS) is 24.2. The number of nitrogens with zero attached hydrogens (tertiary/aromatic N) is 3. The van der Waals surface area contributed by atoms with E-state index in [-0.39, 0.29) is 49.9 Å². The Bertz CT molecular complexity index is 1810. The molecule has 0 bridgehead atoms. The second-order valence-corrected chi connectivity index (χ2v) is 16.1. The number of allylic oxidation sites excluding steroid dienone is 1. The maximum absolute atomic E-state index is 14.8. The van der Waals surface area contributed by atoms with Gasteiger partial charge in [0.05, 0.1) is 29.9 Å². The fourth-order valence-electron chi connectivity index (χ4n) is 8.68. The van der Waals surface area contributed by atoms with Crippen LogP contribution in [-0.2, 0) is 9.57 Å². The number of carbonyl (C=O) groups excluding carboxylic acids is 2. The second kappa shape index (κ2) is 19.6. The Kier molecular flexibility index (Phi) is 15.0. The van der Waals surface area contributed by atoms with Crippen LogP contribution in [0.25, 0.3) is 0 Å². The van der Waals surface area contributed by atoms with E-state index in [0.29, 0.717) is 60.7 Å². The molecule has 3 aliphatic rings. The Hall–Kier alpha value is -4.70. The number of hydrogen-bond acceptors (Lipinski definition) is 10. The number of carbonyl (C=O) groups is 2. The smallest absolute Gasteiger partial charge is 0.412 e. The molecule has 12 heteroatoms. The number of nitrogens with one attached hydrogen (secondary N) is 1. The molecule has 1 saturated carbocycles. The van der Waals surface area contributed by atoms with E-state index in [1.807, 2.05) is 51.7 Å². The monoisotopic (exact) mass is 784 g/mol. The second-order valence-electron chi connectivity index (χ2n) is 16.1. The Morgan fingerprint density at radius 3 is 2.44 bits per heavy atom. The number of rotatable bonds is 18. The van der Waals surface area contributed by atoms with Crippen molar-refractivity contribution in [2.24, 2.45) is 22.9 Å². The summed E-state index contributed by atoms with van der Waals surface area (Å²) in [5.41, 5.74) is 2.74. The number of aliphatic hydroxyl groups excluding tert-OH is 2. The number of unbranched alkanes of at least 4 members (excludes halogenated alkanes) is 2. The maximum Gasteiger partial charge on any atom is 0.412 e. The molecular weight excluding hydrogens is 725 g/mol. The molecule has 0 saturated heterocycles. The average Bonchev–Trinajstić information content (AvgIpc) is 3.19. The Balaban J connectivity index is 1.81. The lowest BCUT2D eigenvalue weighted by molar-refractivity contribution is -0.254. The van der Waals surface area contributed by atoms with Crippen LogP contribution in [0.3, 0.4) is 0 Å². The number of nitriles is 1. The van der Waals surface area contributed by atoms with Crippen LogP contribution in [0.15, 0.2) is 71.9 Å². The Morgan fingerprint density at radius 1 is 1.09 bits per heavy atom. The van der Waals surface area contributed by atoms with Gasteiger partial charge in [-0.1, -0.05) is 37.1 Å². The zero-order chi connectivity index (χ0) is 41.2. The summed E-state index contributed by atoms with van der Waals surface area (Å²) in [6, 6.07) is 13.5. The van der Waals surface area contributed by atoms with Crippen LogP contribution in [0.5, 0.6) is 11.5 Å². The van der Waals surface area contributed by atoms with Crippen LogP contribution in [0.1, 0.15) is 113 Å². The molecule has 57 heavy (non-hydrogen) atoms. The van der Waals surface area contributed by atoms with Crippen LogP contribution in [-0.4, -0.2) is 83.2 Å². The quantitative estimate of drug-likeness (QED) is 0.0783. The van der Waals surface area contributed by atoms with Crippen molar-refractivity contribution in [3.05, 3.63) is 83.5 Å². The molecule has 2 aliphatic carbocycles.